The summed E-state index contributed by atoms with van der Waals surface area (Å²) >= 11 is 1.20. The second-order valence-corrected chi connectivity index (χ2v) is 10.4. The molecule has 7 nitrogen and oxygen atoms in total. The molecule has 1 fully saturated rings. The third-order valence-corrected chi connectivity index (χ3v) is 7.24. The number of carbonyl (C=O) groups is 1. The number of hydrogen-bond donors (Lipinski definition) is 1. The maximum absolute atomic E-state index is 12.3. The zero-order chi connectivity index (χ0) is 19.4. The molecule has 1 aromatic heterocycles. The molecule has 0 saturated carbocycles. The van der Waals surface area contributed by atoms with Crippen LogP contribution in [0.3, 0.4) is 0 Å². The zero-order valence-electron chi connectivity index (χ0n) is 15.3. The van der Waals surface area contributed by atoms with Crippen molar-refractivity contribution in [3.05, 3.63) is 41.3 Å². The number of carbonyl (C=O) groups excluding carboxylic acids is 1. The summed E-state index contributed by atoms with van der Waals surface area (Å²) < 4.78 is 28.6. The Morgan fingerprint density at radius 1 is 1.33 bits per heavy atom. The largest absolute Gasteiger partial charge is 0.416 e. The minimum atomic E-state index is -2.92. The fourth-order valence-electron chi connectivity index (χ4n) is 2.89. The average molecular weight is 410 g/mol. The molecule has 2 heterocycles. The van der Waals surface area contributed by atoms with E-state index in [-0.39, 0.29) is 28.6 Å². The third kappa shape index (κ3) is 5.80. The van der Waals surface area contributed by atoms with Gasteiger partial charge in [0.05, 0.1) is 16.8 Å². The lowest BCUT2D eigenvalue weighted by molar-refractivity contribution is -0.120. The minimum Gasteiger partial charge on any atom is -0.416 e. The van der Waals surface area contributed by atoms with Gasteiger partial charge in [-0.15, -0.1) is 10.2 Å². The highest BCUT2D eigenvalue weighted by Crippen LogP contribution is 2.25. The van der Waals surface area contributed by atoms with E-state index in [0.717, 1.165) is 5.56 Å². The number of aryl methyl sites for hydroxylation is 1. The fourth-order valence-corrected chi connectivity index (χ4v) is 5.48. The van der Waals surface area contributed by atoms with Crippen molar-refractivity contribution in [3.63, 3.8) is 0 Å². The SMILES string of the molecule is Cc1ccc(CNC(=O)[C@H](C)Sc2nnc(C[C@@H]3CCS(=O)(=O)C3)o2)cc1. The highest BCUT2D eigenvalue weighted by atomic mass is 32.2. The molecule has 1 aliphatic heterocycles. The quantitative estimate of drug-likeness (QED) is 0.699. The first-order valence-electron chi connectivity index (χ1n) is 8.83. The van der Waals surface area contributed by atoms with E-state index in [2.05, 4.69) is 15.5 Å². The minimum absolute atomic E-state index is 0.0310. The average Bonchev–Trinajstić information content (AvgIpc) is 3.20. The Balaban J connectivity index is 1.47. The summed E-state index contributed by atoms with van der Waals surface area (Å²) in [5, 5.41) is 10.8. The van der Waals surface area contributed by atoms with Gasteiger partial charge in [0.2, 0.25) is 11.8 Å². The molecule has 1 amide bonds. The number of hydrogen-bond acceptors (Lipinski definition) is 7. The predicted molar refractivity (Wildman–Crippen MR) is 103 cm³/mol. The second kappa shape index (κ2) is 8.43. The van der Waals surface area contributed by atoms with Crippen molar-refractivity contribution >= 4 is 27.5 Å². The molecule has 0 bridgehead atoms. The molecule has 1 N–H and O–H groups in total. The topological polar surface area (TPSA) is 102 Å². The molecule has 1 aromatic carbocycles. The van der Waals surface area contributed by atoms with E-state index < -0.39 is 9.84 Å². The van der Waals surface area contributed by atoms with Crippen LogP contribution in [0.1, 0.15) is 30.4 Å². The number of rotatable bonds is 7. The van der Waals surface area contributed by atoms with Crippen molar-refractivity contribution in [2.45, 2.75) is 43.7 Å². The Kier molecular flexibility index (Phi) is 6.21. The van der Waals surface area contributed by atoms with Gasteiger partial charge in [-0.05, 0) is 31.7 Å². The summed E-state index contributed by atoms with van der Waals surface area (Å²) in [7, 11) is -2.92. The van der Waals surface area contributed by atoms with Crippen LogP contribution < -0.4 is 5.32 Å². The van der Waals surface area contributed by atoms with Gasteiger partial charge >= 0.3 is 0 Å². The highest BCUT2D eigenvalue weighted by molar-refractivity contribution is 8.00. The van der Waals surface area contributed by atoms with Gasteiger partial charge in [-0.3, -0.25) is 4.79 Å². The van der Waals surface area contributed by atoms with Crippen LogP contribution in [0.25, 0.3) is 0 Å². The van der Waals surface area contributed by atoms with Gasteiger partial charge in [-0.2, -0.15) is 0 Å². The van der Waals surface area contributed by atoms with Crippen molar-refractivity contribution in [2.75, 3.05) is 11.5 Å². The summed E-state index contributed by atoms with van der Waals surface area (Å²) in [5.41, 5.74) is 2.22. The number of thioether (sulfide) groups is 1. The van der Waals surface area contributed by atoms with Crippen LogP contribution in [-0.2, 0) is 27.6 Å². The normalized spacial score (nSPS) is 19.7. The number of amides is 1. The van der Waals surface area contributed by atoms with Gasteiger partial charge in [0.1, 0.15) is 0 Å². The van der Waals surface area contributed by atoms with Crippen LogP contribution in [0.4, 0.5) is 0 Å². The van der Waals surface area contributed by atoms with E-state index >= 15 is 0 Å². The molecular weight excluding hydrogens is 386 g/mol. The fraction of sp³-hybridized carbons (Fsp3) is 0.500. The second-order valence-electron chi connectivity index (χ2n) is 6.90. The first-order chi connectivity index (χ1) is 12.8. The Morgan fingerprint density at radius 2 is 2.07 bits per heavy atom. The van der Waals surface area contributed by atoms with Gasteiger partial charge in [0.25, 0.3) is 5.22 Å². The Morgan fingerprint density at radius 3 is 2.74 bits per heavy atom. The summed E-state index contributed by atoms with van der Waals surface area (Å²) in [4.78, 5) is 12.3. The molecule has 2 aromatic rings. The molecule has 146 valence electrons. The molecule has 1 aliphatic rings. The lowest BCUT2D eigenvalue weighted by atomic mass is 10.1. The van der Waals surface area contributed by atoms with Crippen LogP contribution in [-0.4, -0.2) is 41.3 Å². The molecule has 1 saturated heterocycles. The monoisotopic (exact) mass is 409 g/mol. The van der Waals surface area contributed by atoms with E-state index in [1.165, 1.54) is 17.3 Å². The Bertz CT molecular complexity index is 894. The molecule has 0 unspecified atom stereocenters. The smallest absolute Gasteiger partial charge is 0.277 e. The van der Waals surface area contributed by atoms with E-state index in [9.17, 15) is 13.2 Å². The molecule has 9 heteroatoms. The van der Waals surface area contributed by atoms with Gasteiger partial charge in [0.15, 0.2) is 9.84 Å². The van der Waals surface area contributed by atoms with Gasteiger partial charge in [0, 0.05) is 13.0 Å². The first kappa shape index (κ1) is 19.9. The van der Waals surface area contributed by atoms with Crippen LogP contribution in [0.5, 0.6) is 0 Å². The van der Waals surface area contributed by atoms with E-state index in [1.807, 2.05) is 31.2 Å². The van der Waals surface area contributed by atoms with Crippen LogP contribution in [0.2, 0.25) is 0 Å². The van der Waals surface area contributed by atoms with Crippen molar-refractivity contribution in [3.8, 4) is 0 Å². The zero-order valence-corrected chi connectivity index (χ0v) is 17.0. The van der Waals surface area contributed by atoms with Crippen molar-refractivity contribution < 1.29 is 17.6 Å². The third-order valence-electron chi connectivity index (χ3n) is 4.47. The molecule has 0 spiro atoms. The maximum atomic E-state index is 12.3. The lowest BCUT2D eigenvalue weighted by Crippen LogP contribution is -2.30. The molecule has 0 radical (unpaired) electrons. The molecule has 0 aliphatic carbocycles. The van der Waals surface area contributed by atoms with Crippen LogP contribution >= 0.6 is 11.8 Å². The Labute approximate surface area is 163 Å². The summed E-state index contributed by atoms with van der Waals surface area (Å²) in [6, 6.07) is 7.99. The van der Waals surface area contributed by atoms with E-state index in [0.29, 0.717) is 30.5 Å². The van der Waals surface area contributed by atoms with Gasteiger partial charge < -0.3 is 9.73 Å². The highest BCUT2D eigenvalue weighted by Gasteiger charge is 2.29. The summed E-state index contributed by atoms with van der Waals surface area (Å²) in [6.45, 7) is 4.27. The first-order valence-corrected chi connectivity index (χ1v) is 11.5. The van der Waals surface area contributed by atoms with Crippen LogP contribution in [0.15, 0.2) is 33.9 Å². The maximum Gasteiger partial charge on any atom is 0.277 e. The summed E-state index contributed by atoms with van der Waals surface area (Å²) in [6.07, 6.45) is 1.09. The van der Waals surface area contributed by atoms with Crippen molar-refractivity contribution in [1.29, 1.82) is 0 Å². The molecule has 2 atom stereocenters. The number of sulfone groups is 1. The number of nitrogens with zero attached hydrogens (tertiary/aromatic N) is 2. The van der Waals surface area contributed by atoms with Gasteiger partial charge in [-0.1, -0.05) is 41.6 Å². The van der Waals surface area contributed by atoms with E-state index in [4.69, 9.17) is 4.42 Å². The Hall–Kier alpha value is -1.87. The molecule has 3 rings (SSSR count). The van der Waals surface area contributed by atoms with Crippen molar-refractivity contribution in [2.24, 2.45) is 5.92 Å². The molecular formula is C18H23N3O4S2. The number of nitrogens with one attached hydrogen (secondary N) is 1. The van der Waals surface area contributed by atoms with Gasteiger partial charge in [-0.25, -0.2) is 8.42 Å². The summed E-state index contributed by atoms with van der Waals surface area (Å²) in [5.74, 6) is 0.749. The lowest BCUT2D eigenvalue weighted by Gasteiger charge is -2.10. The van der Waals surface area contributed by atoms with Crippen molar-refractivity contribution in [1.82, 2.24) is 15.5 Å². The van der Waals surface area contributed by atoms with Crippen LogP contribution in [0, 0.1) is 12.8 Å². The van der Waals surface area contributed by atoms with E-state index in [1.54, 1.807) is 6.92 Å². The predicted octanol–water partition coefficient (Wildman–Crippen LogP) is 2.15. The number of benzene rings is 1. The molecule has 27 heavy (non-hydrogen) atoms. The number of aromatic nitrogens is 2. The standard InChI is InChI=1S/C18H23N3O4S2/c1-12-3-5-14(6-4-12)10-19-17(22)13(2)26-18-21-20-16(25-18)9-15-7-8-27(23,24)11-15/h3-6,13,15H,7-11H2,1-2H3,(H,19,22)/t13-,15-/m0/s1.